The number of hydrogen-bond acceptors (Lipinski definition) is 3. The summed E-state index contributed by atoms with van der Waals surface area (Å²) < 4.78 is 40.7. The summed E-state index contributed by atoms with van der Waals surface area (Å²) in [7, 11) is 1.77. The van der Waals surface area contributed by atoms with E-state index in [1.54, 1.807) is 31.3 Å². The molecule has 1 unspecified atom stereocenters. The van der Waals surface area contributed by atoms with Crippen molar-refractivity contribution in [3.8, 4) is 0 Å². The van der Waals surface area contributed by atoms with E-state index in [-0.39, 0.29) is 30.0 Å². The van der Waals surface area contributed by atoms with Gasteiger partial charge in [0.1, 0.15) is 6.04 Å². The van der Waals surface area contributed by atoms with Crippen LogP contribution in [0.2, 0.25) is 0 Å². The van der Waals surface area contributed by atoms with Crippen LogP contribution in [0.25, 0.3) is 0 Å². The molecule has 0 fully saturated rings. The molecule has 8 heteroatoms. The van der Waals surface area contributed by atoms with Crippen molar-refractivity contribution in [3.63, 3.8) is 0 Å². The van der Waals surface area contributed by atoms with E-state index in [1.165, 1.54) is 35.2 Å². The smallest absolute Gasteiger partial charge is 0.416 e. The third-order valence-corrected chi connectivity index (χ3v) is 5.85. The number of para-hydroxylation sites is 2. The molecule has 0 radical (unpaired) electrons. The highest BCUT2D eigenvalue weighted by Gasteiger charge is 2.38. The zero-order valence-electron chi connectivity index (χ0n) is 17.7. The van der Waals surface area contributed by atoms with E-state index in [9.17, 15) is 22.8 Å². The minimum absolute atomic E-state index is 0.0160. The molecule has 1 atom stereocenters. The van der Waals surface area contributed by atoms with E-state index in [0.29, 0.717) is 5.69 Å². The van der Waals surface area contributed by atoms with Crippen LogP contribution in [0.4, 0.5) is 24.5 Å². The first kappa shape index (κ1) is 22.4. The molecular weight excluding hydrogens is 433 g/mol. The van der Waals surface area contributed by atoms with Crippen molar-refractivity contribution in [1.29, 1.82) is 0 Å². The molecule has 3 aromatic rings. The summed E-state index contributed by atoms with van der Waals surface area (Å²) >= 11 is 0. The van der Waals surface area contributed by atoms with Gasteiger partial charge < -0.3 is 14.9 Å². The first-order valence-corrected chi connectivity index (χ1v) is 10.3. The van der Waals surface area contributed by atoms with Crippen LogP contribution in [0.3, 0.4) is 0 Å². The van der Waals surface area contributed by atoms with E-state index in [4.69, 9.17) is 5.11 Å². The van der Waals surface area contributed by atoms with E-state index >= 15 is 0 Å². The monoisotopic (exact) mass is 454 g/mol. The predicted octanol–water partition coefficient (Wildman–Crippen LogP) is 5.00. The van der Waals surface area contributed by atoms with Gasteiger partial charge in [-0.1, -0.05) is 42.5 Å². The second-order valence-electron chi connectivity index (χ2n) is 7.90. The molecular formula is C25H21F3N2O3. The summed E-state index contributed by atoms with van der Waals surface area (Å²) in [5.41, 5.74) is 1.41. The number of anilines is 2. The summed E-state index contributed by atoms with van der Waals surface area (Å²) in [6.45, 7) is -0.214. The van der Waals surface area contributed by atoms with Crippen molar-refractivity contribution >= 4 is 23.3 Å². The van der Waals surface area contributed by atoms with Crippen molar-refractivity contribution in [2.24, 2.45) is 0 Å². The number of carbonyl (C=O) groups excluding carboxylic acids is 1. The van der Waals surface area contributed by atoms with Crippen molar-refractivity contribution in [2.45, 2.75) is 25.2 Å². The minimum atomic E-state index is -4.53. The van der Waals surface area contributed by atoms with Crippen LogP contribution in [0.5, 0.6) is 0 Å². The van der Waals surface area contributed by atoms with Gasteiger partial charge in [-0.05, 0) is 41.5 Å². The number of carboxylic acids is 1. The fourth-order valence-electron chi connectivity index (χ4n) is 4.12. The van der Waals surface area contributed by atoms with Crippen LogP contribution in [-0.4, -0.2) is 30.1 Å². The second-order valence-corrected chi connectivity index (χ2v) is 7.90. The summed E-state index contributed by atoms with van der Waals surface area (Å²) in [4.78, 5) is 27.9. The number of benzene rings is 3. The Balaban J connectivity index is 1.70. The quantitative estimate of drug-likeness (QED) is 0.590. The summed E-state index contributed by atoms with van der Waals surface area (Å²) in [5, 5.41) is 9.10. The van der Waals surface area contributed by atoms with Gasteiger partial charge >= 0.3 is 12.1 Å². The molecule has 0 aromatic heterocycles. The molecule has 4 rings (SSSR count). The number of alkyl halides is 3. The number of hydrogen-bond donors (Lipinski definition) is 1. The summed E-state index contributed by atoms with van der Waals surface area (Å²) in [6, 6.07) is 17.9. The molecule has 0 spiro atoms. The molecule has 0 saturated heterocycles. The summed E-state index contributed by atoms with van der Waals surface area (Å²) in [5.74, 6) is -1.37. The lowest BCUT2D eigenvalue weighted by Crippen LogP contribution is -2.52. The van der Waals surface area contributed by atoms with Crippen molar-refractivity contribution < 1.29 is 27.9 Å². The highest BCUT2D eigenvalue weighted by atomic mass is 19.4. The Hall–Kier alpha value is -3.81. The Morgan fingerprint density at radius 2 is 1.55 bits per heavy atom. The molecule has 0 aliphatic carbocycles. The predicted molar refractivity (Wildman–Crippen MR) is 118 cm³/mol. The van der Waals surface area contributed by atoms with Crippen molar-refractivity contribution in [2.75, 3.05) is 16.8 Å². The molecule has 3 aromatic carbocycles. The Labute approximate surface area is 188 Å². The number of likely N-dealkylation sites (N-methyl/N-ethyl adjacent to an activating group) is 1. The van der Waals surface area contributed by atoms with Gasteiger partial charge in [-0.25, -0.2) is 4.79 Å². The molecule has 0 bridgehead atoms. The van der Waals surface area contributed by atoms with E-state index in [1.807, 2.05) is 17.0 Å². The number of carbonyl (C=O) groups is 2. The molecule has 1 N–H and O–H groups in total. The maximum Gasteiger partial charge on any atom is 0.416 e. The number of carboxylic acid groups (broad SMARTS) is 1. The lowest BCUT2D eigenvalue weighted by Gasteiger charge is -2.41. The molecule has 0 saturated carbocycles. The normalized spacial score (nSPS) is 16.0. The Morgan fingerprint density at radius 3 is 2.18 bits per heavy atom. The van der Waals surface area contributed by atoms with Crippen LogP contribution in [0, 0.1) is 0 Å². The summed E-state index contributed by atoms with van der Waals surface area (Å²) in [6.07, 6.45) is -4.25. The Morgan fingerprint density at radius 1 is 0.939 bits per heavy atom. The van der Waals surface area contributed by atoms with E-state index in [2.05, 4.69) is 0 Å². The lowest BCUT2D eigenvalue weighted by molar-refractivity contribution is -0.138. The molecule has 1 amide bonds. The van der Waals surface area contributed by atoms with Crippen LogP contribution in [-0.2, 0) is 23.9 Å². The molecule has 1 heterocycles. The third-order valence-electron chi connectivity index (χ3n) is 5.85. The fraction of sp³-hybridized carbons (Fsp3) is 0.200. The first-order chi connectivity index (χ1) is 15.7. The number of rotatable bonds is 5. The maximum atomic E-state index is 13.6. The van der Waals surface area contributed by atoms with Gasteiger partial charge in [-0.3, -0.25) is 4.79 Å². The molecule has 1 aliphatic heterocycles. The molecule has 170 valence electrons. The topological polar surface area (TPSA) is 60.9 Å². The largest absolute Gasteiger partial charge is 0.478 e. The zero-order valence-corrected chi connectivity index (χ0v) is 17.7. The number of halogens is 3. The molecule has 33 heavy (non-hydrogen) atoms. The van der Waals surface area contributed by atoms with E-state index in [0.717, 1.165) is 17.3 Å². The van der Waals surface area contributed by atoms with Gasteiger partial charge in [0, 0.05) is 13.5 Å². The average molecular weight is 454 g/mol. The van der Waals surface area contributed by atoms with Crippen LogP contribution in [0.1, 0.15) is 27.0 Å². The third kappa shape index (κ3) is 4.41. The van der Waals surface area contributed by atoms with E-state index < -0.39 is 23.8 Å². The SMILES string of the molecule is CN1c2ccccc2N(Cc2ccccc2C(F)(F)F)C(=O)C1Cc1ccc(C(=O)O)cc1. The van der Waals surface area contributed by atoms with Gasteiger partial charge in [0.05, 0.1) is 29.0 Å². The van der Waals surface area contributed by atoms with Gasteiger partial charge in [0.25, 0.3) is 0 Å². The lowest BCUT2D eigenvalue weighted by atomic mass is 9.97. The number of nitrogens with zero attached hydrogens (tertiary/aromatic N) is 2. The number of fused-ring (bicyclic) bond motifs is 1. The van der Waals surface area contributed by atoms with Crippen LogP contribution >= 0.6 is 0 Å². The van der Waals surface area contributed by atoms with Crippen LogP contribution < -0.4 is 9.80 Å². The highest BCUT2D eigenvalue weighted by molar-refractivity contribution is 6.05. The van der Waals surface area contributed by atoms with Crippen molar-refractivity contribution in [3.05, 3.63) is 95.1 Å². The number of amides is 1. The van der Waals surface area contributed by atoms with Gasteiger partial charge in [0.2, 0.25) is 5.91 Å². The first-order valence-electron chi connectivity index (χ1n) is 10.3. The van der Waals surface area contributed by atoms with Crippen molar-refractivity contribution in [1.82, 2.24) is 0 Å². The zero-order chi connectivity index (χ0) is 23.8. The van der Waals surface area contributed by atoms with Gasteiger partial charge in [0.15, 0.2) is 0 Å². The van der Waals surface area contributed by atoms with Gasteiger partial charge in [-0.2, -0.15) is 13.2 Å². The minimum Gasteiger partial charge on any atom is -0.478 e. The van der Waals surface area contributed by atoms with Crippen LogP contribution in [0.15, 0.2) is 72.8 Å². The second kappa shape index (κ2) is 8.61. The Bertz CT molecular complexity index is 1190. The maximum absolute atomic E-state index is 13.6. The average Bonchev–Trinajstić information content (AvgIpc) is 2.79. The molecule has 5 nitrogen and oxygen atoms in total. The standard InChI is InChI=1S/C25H21F3N2O3/c1-29-20-8-4-5-9-21(20)30(15-18-6-2-3-7-19(18)25(26,27)28)23(31)22(29)14-16-10-12-17(13-11-16)24(32)33/h2-13,22H,14-15H2,1H3,(H,32,33). The molecule has 1 aliphatic rings. The Kier molecular flexibility index (Phi) is 5.84. The number of aromatic carboxylic acids is 1. The highest BCUT2D eigenvalue weighted by Crippen LogP contribution is 2.39. The van der Waals surface area contributed by atoms with Gasteiger partial charge in [-0.15, -0.1) is 0 Å². The fourth-order valence-corrected chi connectivity index (χ4v) is 4.12.